The van der Waals surface area contributed by atoms with Crippen molar-refractivity contribution in [3.05, 3.63) is 23.8 Å². The number of hydrazine groups is 1. The van der Waals surface area contributed by atoms with E-state index >= 15 is 0 Å². The molecule has 3 N–H and O–H groups in total. The smallest absolute Gasteiger partial charge is 0.161 e. The van der Waals surface area contributed by atoms with E-state index in [1.54, 1.807) is 0 Å². The Morgan fingerprint density at radius 2 is 1.95 bits per heavy atom. The molecule has 4 heteroatoms. The second-order valence-electron chi connectivity index (χ2n) is 6.39. The molecule has 4 unspecified atom stereocenters. The van der Waals surface area contributed by atoms with E-state index in [0.29, 0.717) is 19.1 Å². The number of rotatable bonds is 3. The molecule has 3 aliphatic rings. The summed E-state index contributed by atoms with van der Waals surface area (Å²) >= 11 is 0. The van der Waals surface area contributed by atoms with Crippen LogP contribution in [-0.2, 0) is 0 Å². The van der Waals surface area contributed by atoms with Gasteiger partial charge in [0.05, 0.1) is 0 Å². The Hall–Kier alpha value is -1.26. The van der Waals surface area contributed by atoms with E-state index < -0.39 is 0 Å². The molecule has 0 aromatic heterocycles. The highest BCUT2D eigenvalue weighted by Crippen LogP contribution is 2.52. The van der Waals surface area contributed by atoms with Gasteiger partial charge >= 0.3 is 0 Å². The van der Waals surface area contributed by atoms with Gasteiger partial charge in [-0.1, -0.05) is 12.5 Å². The zero-order valence-electron chi connectivity index (χ0n) is 11.7. The third-order valence-electron chi connectivity index (χ3n) is 5.33. The Morgan fingerprint density at radius 1 is 1.10 bits per heavy atom. The van der Waals surface area contributed by atoms with E-state index in [2.05, 4.69) is 17.6 Å². The molecular formula is C16H22N2O2. The molecule has 2 aliphatic carbocycles. The van der Waals surface area contributed by atoms with Crippen molar-refractivity contribution in [2.45, 2.75) is 31.7 Å². The first kappa shape index (κ1) is 12.5. The molecule has 0 radical (unpaired) electrons. The van der Waals surface area contributed by atoms with Gasteiger partial charge in [0.1, 0.15) is 13.2 Å². The standard InChI is InChI=1S/C16H22N2O2/c17-18-16(13-8-10-1-2-11(13)7-10)12-3-4-14-15(9-12)20-6-5-19-14/h3-4,9-11,13,16,18H,1-2,5-8,17H2. The largest absolute Gasteiger partial charge is 0.486 e. The van der Waals surface area contributed by atoms with Crippen molar-refractivity contribution < 1.29 is 9.47 Å². The lowest BCUT2D eigenvalue weighted by molar-refractivity contribution is 0.170. The van der Waals surface area contributed by atoms with Crippen LogP contribution in [0.15, 0.2) is 18.2 Å². The predicted molar refractivity (Wildman–Crippen MR) is 76.4 cm³/mol. The summed E-state index contributed by atoms with van der Waals surface area (Å²) in [6, 6.07) is 6.48. The van der Waals surface area contributed by atoms with Crippen LogP contribution in [0.25, 0.3) is 0 Å². The molecule has 1 aliphatic heterocycles. The summed E-state index contributed by atoms with van der Waals surface area (Å²) < 4.78 is 11.3. The van der Waals surface area contributed by atoms with E-state index in [1.165, 1.54) is 31.2 Å². The Morgan fingerprint density at radius 3 is 2.65 bits per heavy atom. The lowest BCUT2D eigenvalue weighted by Crippen LogP contribution is -2.35. The summed E-state index contributed by atoms with van der Waals surface area (Å²) in [6.07, 6.45) is 5.50. The molecule has 2 bridgehead atoms. The first-order valence-electron chi connectivity index (χ1n) is 7.71. The number of hydrogen-bond acceptors (Lipinski definition) is 4. The second kappa shape index (κ2) is 4.93. The van der Waals surface area contributed by atoms with Gasteiger partial charge in [-0.25, -0.2) is 0 Å². The highest BCUT2D eigenvalue weighted by Gasteiger charge is 2.43. The van der Waals surface area contributed by atoms with Crippen LogP contribution in [0.5, 0.6) is 11.5 Å². The SMILES string of the molecule is NNC(c1ccc2c(c1)OCCO2)C1CC2CCC1C2. The molecule has 2 fully saturated rings. The lowest BCUT2D eigenvalue weighted by atomic mass is 9.80. The van der Waals surface area contributed by atoms with Crippen molar-refractivity contribution in [3.8, 4) is 11.5 Å². The van der Waals surface area contributed by atoms with Crippen LogP contribution in [0.3, 0.4) is 0 Å². The van der Waals surface area contributed by atoms with Gasteiger partial charge in [-0.15, -0.1) is 0 Å². The van der Waals surface area contributed by atoms with Crippen molar-refractivity contribution in [3.63, 3.8) is 0 Å². The highest BCUT2D eigenvalue weighted by atomic mass is 16.6. The Kier molecular flexibility index (Phi) is 3.08. The van der Waals surface area contributed by atoms with Crippen LogP contribution in [0.2, 0.25) is 0 Å². The molecule has 0 spiro atoms. The minimum Gasteiger partial charge on any atom is -0.486 e. The molecule has 1 heterocycles. The van der Waals surface area contributed by atoms with Crippen LogP contribution in [0.4, 0.5) is 0 Å². The normalized spacial score (nSPS) is 32.4. The van der Waals surface area contributed by atoms with Crippen LogP contribution in [0.1, 0.15) is 37.3 Å². The molecule has 4 atom stereocenters. The van der Waals surface area contributed by atoms with Gasteiger partial charge in [-0.05, 0) is 54.7 Å². The third kappa shape index (κ3) is 1.98. The number of benzene rings is 1. The minimum atomic E-state index is 0.237. The summed E-state index contributed by atoms with van der Waals surface area (Å²) in [7, 11) is 0. The number of nitrogens with two attached hydrogens (primary N) is 1. The summed E-state index contributed by atoms with van der Waals surface area (Å²) in [5.41, 5.74) is 4.29. The van der Waals surface area contributed by atoms with Gasteiger partial charge in [0, 0.05) is 6.04 Å². The minimum absolute atomic E-state index is 0.237. The van der Waals surface area contributed by atoms with Gasteiger partial charge in [0.15, 0.2) is 11.5 Å². The molecule has 2 saturated carbocycles. The molecule has 4 rings (SSSR count). The molecule has 20 heavy (non-hydrogen) atoms. The summed E-state index contributed by atoms with van der Waals surface area (Å²) in [5.74, 6) is 10.0. The summed E-state index contributed by atoms with van der Waals surface area (Å²) in [6.45, 7) is 1.27. The average molecular weight is 274 g/mol. The maximum Gasteiger partial charge on any atom is 0.161 e. The predicted octanol–water partition coefficient (Wildman–Crippen LogP) is 2.40. The molecule has 1 aromatic rings. The van der Waals surface area contributed by atoms with E-state index in [-0.39, 0.29) is 6.04 Å². The summed E-state index contributed by atoms with van der Waals surface area (Å²) in [5, 5.41) is 0. The first-order valence-corrected chi connectivity index (χ1v) is 7.71. The van der Waals surface area contributed by atoms with Crippen molar-refractivity contribution in [1.29, 1.82) is 0 Å². The van der Waals surface area contributed by atoms with E-state index in [1.807, 2.05) is 6.07 Å². The zero-order chi connectivity index (χ0) is 13.5. The molecular weight excluding hydrogens is 252 g/mol. The van der Waals surface area contributed by atoms with Gasteiger partial charge in [-0.3, -0.25) is 11.3 Å². The van der Waals surface area contributed by atoms with Crippen molar-refractivity contribution in [2.75, 3.05) is 13.2 Å². The average Bonchev–Trinajstić information content (AvgIpc) is 3.11. The second-order valence-corrected chi connectivity index (χ2v) is 6.39. The van der Waals surface area contributed by atoms with Crippen molar-refractivity contribution in [2.24, 2.45) is 23.6 Å². The number of nitrogens with one attached hydrogen (secondary N) is 1. The Labute approximate surface area is 119 Å². The molecule has 1 aromatic carbocycles. The van der Waals surface area contributed by atoms with Crippen LogP contribution in [0, 0.1) is 17.8 Å². The fourth-order valence-electron chi connectivity index (χ4n) is 4.42. The van der Waals surface area contributed by atoms with Crippen LogP contribution < -0.4 is 20.7 Å². The zero-order valence-corrected chi connectivity index (χ0v) is 11.7. The van der Waals surface area contributed by atoms with Gasteiger partial charge in [0.2, 0.25) is 0 Å². The van der Waals surface area contributed by atoms with Gasteiger partial charge < -0.3 is 9.47 Å². The Balaban J connectivity index is 1.61. The Bertz CT molecular complexity index is 505. The molecule has 0 saturated heterocycles. The number of hydrogen-bond donors (Lipinski definition) is 2. The van der Waals surface area contributed by atoms with Crippen molar-refractivity contribution >= 4 is 0 Å². The molecule has 108 valence electrons. The third-order valence-corrected chi connectivity index (χ3v) is 5.33. The fourth-order valence-corrected chi connectivity index (χ4v) is 4.42. The summed E-state index contributed by atoms with van der Waals surface area (Å²) in [4.78, 5) is 0. The highest BCUT2D eigenvalue weighted by molar-refractivity contribution is 5.44. The van der Waals surface area contributed by atoms with E-state index in [4.69, 9.17) is 15.3 Å². The number of ether oxygens (including phenoxy) is 2. The van der Waals surface area contributed by atoms with E-state index in [9.17, 15) is 0 Å². The maximum absolute atomic E-state index is 5.87. The molecule has 0 amide bonds. The molecule has 4 nitrogen and oxygen atoms in total. The quantitative estimate of drug-likeness (QED) is 0.656. The van der Waals surface area contributed by atoms with E-state index in [0.717, 1.165) is 23.3 Å². The van der Waals surface area contributed by atoms with Gasteiger partial charge in [0.25, 0.3) is 0 Å². The lowest BCUT2D eigenvalue weighted by Gasteiger charge is -2.31. The first-order chi connectivity index (χ1) is 9.85. The monoisotopic (exact) mass is 274 g/mol. The van der Waals surface area contributed by atoms with Crippen LogP contribution >= 0.6 is 0 Å². The number of fused-ring (bicyclic) bond motifs is 3. The topological polar surface area (TPSA) is 56.5 Å². The van der Waals surface area contributed by atoms with Crippen LogP contribution in [-0.4, -0.2) is 13.2 Å². The fraction of sp³-hybridized carbons (Fsp3) is 0.625. The maximum atomic E-state index is 5.87. The van der Waals surface area contributed by atoms with Gasteiger partial charge in [-0.2, -0.15) is 0 Å². The van der Waals surface area contributed by atoms with Crippen molar-refractivity contribution in [1.82, 2.24) is 5.43 Å².